The summed E-state index contributed by atoms with van der Waals surface area (Å²) < 4.78 is 46.2. The molecule has 0 aliphatic carbocycles. The molecule has 0 radical (unpaired) electrons. The predicted molar refractivity (Wildman–Crippen MR) is 70.6 cm³/mol. The number of rotatable bonds is 2. The monoisotopic (exact) mass is 323 g/mol. The van der Waals surface area contributed by atoms with E-state index in [1.165, 1.54) is 23.1 Å². The van der Waals surface area contributed by atoms with Crippen LogP contribution in [-0.2, 0) is 11.1 Å². The van der Waals surface area contributed by atoms with Crippen molar-refractivity contribution < 1.29 is 22.3 Å². The van der Waals surface area contributed by atoms with Crippen LogP contribution in [0.4, 0.5) is 8.78 Å². The number of hydrogen-bond donors (Lipinski definition) is 1. The van der Waals surface area contributed by atoms with Crippen LogP contribution in [0.1, 0.15) is 23.2 Å². The molecule has 1 heterocycles. The molecular formula is C12H12ClF2NO3S. The van der Waals surface area contributed by atoms with Gasteiger partial charge in [0.1, 0.15) is 0 Å². The average Bonchev–Trinajstić information content (AvgIpc) is 2.38. The minimum atomic E-state index is -2.73. The molecule has 1 aromatic carbocycles. The fourth-order valence-corrected chi connectivity index (χ4v) is 2.77. The third-order valence-electron chi connectivity index (χ3n) is 3.15. The molecule has 0 aromatic heterocycles. The zero-order valence-electron chi connectivity index (χ0n) is 10.3. The molecule has 4 nitrogen and oxygen atoms in total. The van der Waals surface area contributed by atoms with Crippen molar-refractivity contribution in [1.82, 2.24) is 4.90 Å². The number of likely N-dealkylation sites (tertiary alicyclic amines) is 1. The Morgan fingerprint density at radius 2 is 1.95 bits per heavy atom. The maximum Gasteiger partial charge on any atom is 0.253 e. The normalized spacial score (nSPS) is 19.7. The van der Waals surface area contributed by atoms with E-state index in [1.807, 2.05) is 0 Å². The lowest BCUT2D eigenvalue weighted by Gasteiger charge is -2.31. The number of hydrogen-bond acceptors (Lipinski definition) is 2. The van der Waals surface area contributed by atoms with Crippen LogP contribution in [0.3, 0.4) is 0 Å². The molecule has 1 aliphatic heterocycles. The molecule has 1 unspecified atom stereocenters. The molecule has 110 valence electrons. The van der Waals surface area contributed by atoms with Gasteiger partial charge in [-0.25, -0.2) is 13.0 Å². The Bertz CT molecular complexity index is 558. The third kappa shape index (κ3) is 3.34. The Labute approximate surface area is 122 Å². The van der Waals surface area contributed by atoms with Crippen LogP contribution >= 0.6 is 11.6 Å². The van der Waals surface area contributed by atoms with Crippen molar-refractivity contribution in [1.29, 1.82) is 0 Å². The van der Waals surface area contributed by atoms with Gasteiger partial charge in [0.25, 0.3) is 11.8 Å². The number of carbonyl (C=O) groups excluding carboxylic acids is 1. The molecule has 0 spiro atoms. The Morgan fingerprint density at radius 3 is 2.50 bits per heavy atom. The van der Waals surface area contributed by atoms with Gasteiger partial charge in [-0.15, -0.1) is 0 Å². The second kappa shape index (κ2) is 5.75. The number of piperidine rings is 1. The van der Waals surface area contributed by atoms with Crippen LogP contribution < -0.4 is 0 Å². The van der Waals surface area contributed by atoms with Gasteiger partial charge in [0.05, 0.1) is 9.92 Å². The van der Waals surface area contributed by atoms with Crippen LogP contribution in [0.25, 0.3) is 0 Å². The number of alkyl halides is 2. The van der Waals surface area contributed by atoms with Gasteiger partial charge in [-0.05, 0) is 18.2 Å². The first-order valence-electron chi connectivity index (χ1n) is 5.88. The van der Waals surface area contributed by atoms with Crippen LogP contribution in [0.15, 0.2) is 23.1 Å². The summed E-state index contributed by atoms with van der Waals surface area (Å²) in [4.78, 5) is 13.4. The van der Waals surface area contributed by atoms with E-state index in [1.54, 1.807) is 0 Å². The molecule has 20 heavy (non-hydrogen) atoms. The first kappa shape index (κ1) is 15.3. The van der Waals surface area contributed by atoms with Gasteiger partial charge in [0.2, 0.25) is 0 Å². The Morgan fingerprint density at radius 1 is 1.35 bits per heavy atom. The zero-order valence-corrected chi connectivity index (χ0v) is 11.9. The van der Waals surface area contributed by atoms with Gasteiger partial charge in [0.15, 0.2) is 11.1 Å². The number of halogens is 3. The van der Waals surface area contributed by atoms with E-state index in [2.05, 4.69) is 0 Å². The lowest BCUT2D eigenvalue weighted by molar-refractivity contribution is -0.0494. The first-order chi connectivity index (χ1) is 9.30. The SMILES string of the molecule is O=C(c1ccc(Cl)c(S(=O)O)c1)N1CCC(F)(F)CC1. The quantitative estimate of drug-likeness (QED) is 0.851. The largest absolute Gasteiger partial charge is 0.338 e. The first-order valence-corrected chi connectivity index (χ1v) is 7.36. The highest BCUT2D eigenvalue weighted by molar-refractivity contribution is 7.79. The second-order valence-corrected chi connectivity index (χ2v) is 5.89. The molecular weight excluding hydrogens is 312 g/mol. The van der Waals surface area contributed by atoms with Gasteiger partial charge in [-0.2, -0.15) is 0 Å². The fraction of sp³-hybridized carbons (Fsp3) is 0.417. The van der Waals surface area contributed by atoms with E-state index in [0.717, 1.165) is 0 Å². The standard InChI is InChI=1S/C12H12ClF2NO3S/c13-9-2-1-8(7-10(9)20(18)19)11(17)16-5-3-12(14,15)4-6-16/h1-2,7H,3-6H2,(H,18,19). The van der Waals surface area contributed by atoms with Gasteiger partial charge in [-0.1, -0.05) is 11.6 Å². The minimum absolute atomic E-state index is 0.0357. The van der Waals surface area contributed by atoms with Crippen LogP contribution in [-0.4, -0.2) is 38.6 Å². The molecule has 1 aromatic rings. The summed E-state index contributed by atoms with van der Waals surface area (Å²) in [6, 6.07) is 3.97. The summed E-state index contributed by atoms with van der Waals surface area (Å²) in [5.74, 6) is -3.17. The smallest absolute Gasteiger partial charge is 0.253 e. The van der Waals surface area contributed by atoms with E-state index in [9.17, 15) is 17.8 Å². The average molecular weight is 324 g/mol. The highest BCUT2D eigenvalue weighted by Crippen LogP contribution is 2.29. The zero-order chi connectivity index (χ0) is 14.9. The van der Waals surface area contributed by atoms with Crippen LogP contribution in [0.2, 0.25) is 5.02 Å². The van der Waals surface area contributed by atoms with E-state index < -0.39 is 22.9 Å². The Balaban J connectivity index is 2.18. The van der Waals surface area contributed by atoms with Crippen LogP contribution in [0, 0.1) is 0 Å². The van der Waals surface area contributed by atoms with Crippen molar-refractivity contribution in [2.75, 3.05) is 13.1 Å². The summed E-state index contributed by atoms with van der Waals surface area (Å²) in [5.41, 5.74) is 0.164. The molecule has 8 heteroatoms. The molecule has 1 N–H and O–H groups in total. The summed E-state index contributed by atoms with van der Waals surface area (Å²) in [6.07, 6.45) is -0.740. The molecule has 0 bridgehead atoms. The number of amides is 1. The van der Waals surface area contributed by atoms with Crippen molar-refractivity contribution in [2.24, 2.45) is 0 Å². The van der Waals surface area contributed by atoms with E-state index in [4.69, 9.17) is 16.2 Å². The van der Waals surface area contributed by atoms with Gasteiger partial charge in [-0.3, -0.25) is 4.79 Å². The van der Waals surface area contributed by atoms with Crippen molar-refractivity contribution in [2.45, 2.75) is 23.7 Å². The third-order valence-corrected chi connectivity index (χ3v) is 4.30. The molecule has 0 saturated carbocycles. The second-order valence-electron chi connectivity index (χ2n) is 4.54. The summed E-state index contributed by atoms with van der Waals surface area (Å²) in [6.45, 7) is -0.0714. The maximum atomic E-state index is 13.0. The number of nitrogens with zero attached hydrogens (tertiary/aromatic N) is 1. The maximum absolute atomic E-state index is 13.0. The minimum Gasteiger partial charge on any atom is -0.338 e. The molecule has 1 saturated heterocycles. The van der Waals surface area contributed by atoms with Crippen molar-refractivity contribution in [3.05, 3.63) is 28.8 Å². The van der Waals surface area contributed by atoms with Crippen molar-refractivity contribution in [3.63, 3.8) is 0 Å². The van der Waals surface area contributed by atoms with Crippen LogP contribution in [0.5, 0.6) is 0 Å². The Kier molecular flexibility index (Phi) is 4.41. The topological polar surface area (TPSA) is 57.6 Å². The molecule has 2 rings (SSSR count). The molecule has 1 aliphatic rings. The summed E-state index contributed by atoms with van der Waals surface area (Å²) >= 11 is 3.43. The van der Waals surface area contributed by atoms with Gasteiger partial charge in [0, 0.05) is 31.5 Å². The van der Waals surface area contributed by atoms with Crippen molar-refractivity contribution in [3.8, 4) is 0 Å². The number of benzene rings is 1. The molecule has 1 fully saturated rings. The predicted octanol–water partition coefficient (Wildman–Crippen LogP) is 2.79. The summed E-state index contributed by atoms with van der Waals surface area (Å²) in [5, 5.41) is 0.0764. The highest BCUT2D eigenvalue weighted by Gasteiger charge is 2.35. The fourth-order valence-electron chi connectivity index (χ4n) is 1.99. The van der Waals surface area contributed by atoms with E-state index >= 15 is 0 Å². The highest BCUT2D eigenvalue weighted by atomic mass is 35.5. The Hall–Kier alpha value is -1.05. The van der Waals surface area contributed by atoms with Crippen molar-refractivity contribution >= 4 is 28.6 Å². The van der Waals surface area contributed by atoms with Gasteiger partial charge < -0.3 is 9.45 Å². The van der Waals surface area contributed by atoms with Gasteiger partial charge >= 0.3 is 0 Å². The number of carbonyl (C=O) groups is 1. The lowest BCUT2D eigenvalue weighted by atomic mass is 10.1. The van der Waals surface area contributed by atoms with E-state index in [-0.39, 0.29) is 41.4 Å². The van der Waals surface area contributed by atoms with E-state index in [0.29, 0.717) is 0 Å². The molecule has 1 atom stereocenters. The summed E-state index contributed by atoms with van der Waals surface area (Å²) in [7, 11) is 0. The molecule has 1 amide bonds. The lowest BCUT2D eigenvalue weighted by Crippen LogP contribution is -2.42.